The van der Waals surface area contributed by atoms with Crippen molar-refractivity contribution in [1.82, 2.24) is 0 Å². The number of benzene rings is 2. The number of sulfonamides is 1. The maximum absolute atomic E-state index is 13.8. The number of hydrogen-bond donors (Lipinski definition) is 1. The average molecular weight is 344 g/mol. The van der Waals surface area contributed by atoms with Crippen LogP contribution in [0.5, 0.6) is 0 Å². The number of hydrogen-bond acceptors (Lipinski definition) is 4. The minimum absolute atomic E-state index is 0.0802. The highest BCUT2D eigenvalue weighted by atomic mass is 35.5. The third-order valence-electron chi connectivity index (χ3n) is 2.76. The molecule has 0 heterocycles. The summed E-state index contributed by atoms with van der Waals surface area (Å²) in [6, 6.07) is 9.04. The Morgan fingerprint density at radius 3 is 2.55 bits per heavy atom. The van der Waals surface area contributed by atoms with E-state index in [1.165, 1.54) is 12.1 Å². The van der Waals surface area contributed by atoms with Crippen molar-refractivity contribution in [2.24, 2.45) is 0 Å². The quantitative estimate of drug-likeness (QED) is 0.866. The zero-order valence-electron chi connectivity index (χ0n) is 11.3. The molecule has 2 rings (SSSR count). The van der Waals surface area contributed by atoms with Crippen LogP contribution < -0.4 is 4.72 Å². The molecule has 0 aliphatic rings. The third kappa shape index (κ3) is 3.37. The molecule has 0 saturated carbocycles. The molecule has 22 heavy (non-hydrogen) atoms. The van der Waals surface area contributed by atoms with E-state index in [1.807, 2.05) is 0 Å². The molecule has 0 aromatic heterocycles. The molecular weight excluding hydrogens is 333 g/mol. The molecule has 0 saturated heterocycles. The van der Waals surface area contributed by atoms with Crippen molar-refractivity contribution in [1.29, 1.82) is 0 Å². The molecule has 8 heteroatoms. The summed E-state index contributed by atoms with van der Waals surface area (Å²) in [5.74, 6) is -1.76. The summed E-state index contributed by atoms with van der Waals surface area (Å²) in [6.45, 7) is 0. The average Bonchev–Trinajstić information content (AvgIpc) is 2.49. The molecule has 0 fully saturated rings. The molecule has 0 radical (unpaired) electrons. The van der Waals surface area contributed by atoms with Crippen molar-refractivity contribution in [3.05, 3.63) is 58.9 Å². The Balaban J connectivity index is 2.45. The number of nitrogens with one attached hydrogen (secondary N) is 1. The van der Waals surface area contributed by atoms with Crippen LogP contribution in [0, 0.1) is 5.82 Å². The summed E-state index contributed by atoms with van der Waals surface area (Å²) >= 11 is 5.87. The van der Waals surface area contributed by atoms with E-state index in [0.29, 0.717) is 0 Å². The van der Waals surface area contributed by atoms with Crippen molar-refractivity contribution in [2.45, 2.75) is 4.90 Å². The standard InChI is InChI=1S/C14H11ClFNO4S/c1-21-14(18)9-6-7-11(16)13(8-9)22(19,20)17-12-5-3-2-4-10(12)15/h2-8,17H,1H3. The predicted molar refractivity (Wildman–Crippen MR) is 80.0 cm³/mol. The summed E-state index contributed by atoms with van der Waals surface area (Å²) in [4.78, 5) is 10.8. The van der Waals surface area contributed by atoms with Crippen LogP contribution in [0.25, 0.3) is 0 Å². The monoisotopic (exact) mass is 343 g/mol. The van der Waals surface area contributed by atoms with Gasteiger partial charge in [0.25, 0.3) is 10.0 Å². The minimum Gasteiger partial charge on any atom is -0.465 e. The lowest BCUT2D eigenvalue weighted by Gasteiger charge is -2.11. The van der Waals surface area contributed by atoms with Crippen LogP contribution in [0.4, 0.5) is 10.1 Å². The highest BCUT2D eigenvalue weighted by Gasteiger charge is 2.22. The Kier molecular flexibility index (Phi) is 4.68. The van der Waals surface area contributed by atoms with E-state index >= 15 is 0 Å². The largest absolute Gasteiger partial charge is 0.465 e. The van der Waals surface area contributed by atoms with E-state index in [-0.39, 0.29) is 16.3 Å². The Labute approximate surface area is 131 Å². The summed E-state index contributed by atoms with van der Waals surface area (Å²) in [5.41, 5.74) is 0.0236. The fraction of sp³-hybridized carbons (Fsp3) is 0.0714. The van der Waals surface area contributed by atoms with Crippen LogP contribution in [0.3, 0.4) is 0 Å². The summed E-state index contributed by atoms with van der Waals surface area (Å²) < 4.78 is 45.0. The van der Waals surface area contributed by atoms with Gasteiger partial charge in [-0.25, -0.2) is 17.6 Å². The Morgan fingerprint density at radius 2 is 1.91 bits per heavy atom. The molecule has 116 valence electrons. The number of carbonyl (C=O) groups excluding carboxylic acids is 1. The number of halogens is 2. The third-order valence-corrected chi connectivity index (χ3v) is 4.47. The molecular formula is C14H11ClFNO4S. The minimum atomic E-state index is -4.25. The van der Waals surface area contributed by atoms with Crippen LogP contribution >= 0.6 is 11.6 Å². The van der Waals surface area contributed by atoms with E-state index in [1.54, 1.807) is 12.1 Å². The van der Waals surface area contributed by atoms with Crippen molar-refractivity contribution < 1.29 is 22.3 Å². The van der Waals surface area contributed by atoms with E-state index in [4.69, 9.17) is 11.6 Å². The lowest BCUT2D eigenvalue weighted by molar-refractivity contribution is 0.0600. The van der Waals surface area contributed by atoms with Gasteiger partial charge in [0.1, 0.15) is 10.7 Å². The molecule has 0 atom stereocenters. The fourth-order valence-electron chi connectivity index (χ4n) is 1.70. The van der Waals surface area contributed by atoms with E-state index < -0.39 is 26.7 Å². The number of carbonyl (C=O) groups is 1. The number of anilines is 1. The lowest BCUT2D eigenvalue weighted by atomic mass is 10.2. The molecule has 0 aliphatic carbocycles. The first-order valence-electron chi connectivity index (χ1n) is 6.00. The van der Waals surface area contributed by atoms with Gasteiger partial charge in [0, 0.05) is 0 Å². The molecule has 2 aromatic carbocycles. The summed E-state index contributed by atoms with van der Waals surface area (Å²) in [5, 5.41) is 0.163. The van der Waals surface area contributed by atoms with Crippen LogP contribution in [0.1, 0.15) is 10.4 Å². The van der Waals surface area contributed by atoms with E-state index in [9.17, 15) is 17.6 Å². The van der Waals surface area contributed by atoms with Gasteiger partial charge in [-0.15, -0.1) is 0 Å². The molecule has 0 unspecified atom stereocenters. The van der Waals surface area contributed by atoms with Crippen molar-refractivity contribution in [2.75, 3.05) is 11.8 Å². The predicted octanol–water partition coefficient (Wildman–Crippen LogP) is 3.07. The molecule has 2 aromatic rings. The highest BCUT2D eigenvalue weighted by molar-refractivity contribution is 7.92. The molecule has 0 spiro atoms. The van der Waals surface area contributed by atoms with Crippen molar-refractivity contribution in [3.8, 4) is 0 Å². The first kappa shape index (κ1) is 16.3. The van der Waals surface area contributed by atoms with Crippen LogP contribution in [0.15, 0.2) is 47.4 Å². The van der Waals surface area contributed by atoms with Crippen LogP contribution in [0.2, 0.25) is 5.02 Å². The van der Waals surface area contributed by atoms with Gasteiger partial charge in [0.05, 0.1) is 23.4 Å². The highest BCUT2D eigenvalue weighted by Crippen LogP contribution is 2.25. The van der Waals surface area contributed by atoms with E-state index in [2.05, 4.69) is 9.46 Å². The van der Waals surface area contributed by atoms with Gasteiger partial charge in [-0.1, -0.05) is 23.7 Å². The normalized spacial score (nSPS) is 11.0. The van der Waals surface area contributed by atoms with Crippen molar-refractivity contribution in [3.63, 3.8) is 0 Å². The van der Waals surface area contributed by atoms with Gasteiger partial charge in [-0.3, -0.25) is 4.72 Å². The SMILES string of the molecule is COC(=O)c1ccc(F)c(S(=O)(=O)Nc2ccccc2Cl)c1. The Morgan fingerprint density at radius 1 is 1.23 bits per heavy atom. The fourth-order valence-corrected chi connectivity index (χ4v) is 3.12. The Bertz CT molecular complexity index is 823. The summed E-state index contributed by atoms with van der Waals surface area (Å²) in [6.07, 6.45) is 0. The van der Waals surface area contributed by atoms with Gasteiger partial charge >= 0.3 is 5.97 Å². The van der Waals surface area contributed by atoms with Gasteiger partial charge in [0.2, 0.25) is 0 Å². The number of ether oxygens (including phenoxy) is 1. The molecule has 0 bridgehead atoms. The topological polar surface area (TPSA) is 72.5 Å². The van der Waals surface area contributed by atoms with Gasteiger partial charge < -0.3 is 4.74 Å². The van der Waals surface area contributed by atoms with Gasteiger partial charge in [-0.05, 0) is 30.3 Å². The smallest absolute Gasteiger partial charge is 0.337 e. The first-order chi connectivity index (χ1) is 10.3. The van der Waals surface area contributed by atoms with Gasteiger partial charge in [-0.2, -0.15) is 0 Å². The summed E-state index contributed by atoms with van der Waals surface area (Å²) in [7, 11) is -3.11. The van der Waals surface area contributed by atoms with Crippen LogP contribution in [-0.4, -0.2) is 21.5 Å². The number of methoxy groups -OCH3 is 1. The molecule has 1 N–H and O–H groups in total. The molecule has 0 aliphatic heterocycles. The maximum atomic E-state index is 13.8. The zero-order chi connectivity index (χ0) is 16.3. The van der Waals surface area contributed by atoms with Gasteiger partial charge in [0.15, 0.2) is 0 Å². The van der Waals surface area contributed by atoms with Crippen molar-refractivity contribution >= 4 is 33.3 Å². The second-order valence-corrected chi connectivity index (χ2v) is 6.28. The zero-order valence-corrected chi connectivity index (χ0v) is 12.9. The Hall–Kier alpha value is -2.12. The molecule has 5 nitrogen and oxygen atoms in total. The van der Waals surface area contributed by atoms with E-state index in [0.717, 1.165) is 25.3 Å². The number of para-hydroxylation sites is 1. The maximum Gasteiger partial charge on any atom is 0.337 e. The number of esters is 1. The molecule has 0 amide bonds. The lowest BCUT2D eigenvalue weighted by Crippen LogP contribution is -2.16. The second-order valence-electron chi connectivity index (χ2n) is 4.22. The number of rotatable bonds is 4. The second kappa shape index (κ2) is 6.33. The van der Waals surface area contributed by atoms with Crippen LogP contribution in [-0.2, 0) is 14.8 Å². The first-order valence-corrected chi connectivity index (χ1v) is 7.86.